The third kappa shape index (κ3) is 2.92. The van der Waals surface area contributed by atoms with Crippen molar-refractivity contribution in [3.63, 3.8) is 0 Å². The van der Waals surface area contributed by atoms with Crippen LogP contribution in [0.4, 0.5) is 0 Å². The molecule has 1 aliphatic rings. The molecule has 1 rings (SSSR count). The van der Waals surface area contributed by atoms with Crippen LogP contribution in [0.2, 0.25) is 0 Å². The first-order valence-corrected chi connectivity index (χ1v) is 5.92. The maximum Gasteiger partial charge on any atom is 0.232 e. The van der Waals surface area contributed by atoms with Crippen molar-refractivity contribution in [2.45, 2.75) is 45.3 Å². The summed E-state index contributed by atoms with van der Waals surface area (Å²) in [5.41, 5.74) is 4.77. The molecule has 0 bridgehead atoms. The molecule has 1 amide bonds. The monoisotopic (exact) mass is 244 g/mol. The van der Waals surface area contributed by atoms with E-state index in [1.165, 1.54) is 0 Å². The zero-order chi connectivity index (χ0) is 12.3. The smallest absolute Gasteiger partial charge is 0.232 e. The van der Waals surface area contributed by atoms with Gasteiger partial charge in [0, 0.05) is 13.2 Å². The number of rotatable bonds is 4. The van der Waals surface area contributed by atoms with Gasteiger partial charge in [-0.25, -0.2) is 0 Å². The van der Waals surface area contributed by atoms with Gasteiger partial charge in [0.25, 0.3) is 0 Å². The van der Waals surface area contributed by atoms with E-state index in [0.29, 0.717) is 0 Å². The van der Waals surface area contributed by atoms with Crippen LogP contribution in [0.15, 0.2) is 0 Å². The van der Waals surface area contributed by atoms with Gasteiger partial charge in [-0.2, -0.15) is 0 Å². The number of nitrogens with two attached hydrogens (primary N) is 1. The minimum absolute atomic E-state index is 0.0956. The molecule has 1 aliphatic carbocycles. The Kier molecular flexibility index (Phi) is 4.27. The molecule has 0 saturated heterocycles. The molecule has 0 aromatic rings. The first-order valence-electron chi connectivity index (χ1n) is 5.51. The van der Waals surface area contributed by atoms with Gasteiger partial charge in [0.2, 0.25) is 5.91 Å². The molecule has 0 spiro atoms. The van der Waals surface area contributed by atoms with Gasteiger partial charge in [0.05, 0.1) is 16.5 Å². The number of hydrogen-bond acceptors (Lipinski definition) is 3. The fourth-order valence-electron chi connectivity index (χ4n) is 1.76. The second-order valence-corrected chi connectivity index (χ2v) is 5.27. The molecule has 0 aliphatic heterocycles. The zero-order valence-electron chi connectivity index (χ0n) is 10.1. The Hall–Kier alpha value is -0.680. The fourth-order valence-corrected chi connectivity index (χ4v) is 1.86. The number of hydrogen-bond donors (Lipinski definition) is 2. The van der Waals surface area contributed by atoms with Crippen molar-refractivity contribution in [3.05, 3.63) is 0 Å². The molecule has 92 valence electrons. The molecule has 4 nitrogen and oxygen atoms in total. The molecular formula is C11H20N2O2S. The lowest BCUT2D eigenvalue weighted by Crippen LogP contribution is -2.47. The van der Waals surface area contributed by atoms with Crippen molar-refractivity contribution in [2.24, 2.45) is 11.1 Å². The molecule has 2 atom stereocenters. The predicted octanol–water partition coefficient (Wildman–Crippen LogP) is 0.982. The summed E-state index contributed by atoms with van der Waals surface area (Å²) in [6.45, 7) is 3.49. The molecule has 3 N–H and O–H groups in total. The average molecular weight is 244 g/mol. The summed E-state index contributed by atoms with van der Waals surface area (Å²) in [6, 6.07) is 0.186. The van der Waals surface area contributed by atoms with E-state index in [9.17, 15) is 4.79 Å². The third-order valence-corrected chi connectivity index (χ3v) is 3.75. The summed E-state index contributed by atoms with van der Waals surface area (Å²) in [6.07, 6.45) is 3.08. The lowest BCUT2D eigenvalue weighted by Gasteiger charge is -2.24. The van der Waals surface area contributed by atoms with E-state index >= 15 is 0 Å². The van der Waals surface area contributed by atoms with Crippen LogP contribution in [0.3, 0.4) is 0 Å². The summed E-state index contributed by atoms with van der Waals surface area (Å²) in [7, 11) is 1.70. The average Bonchev–Trinajstić information content (AvgIpc) is 2.65. The quantitative estimate of drug-likeness (QED) is 0.724. The highest BCUT2D eigenvalue weighted by atomic mass is 32.1. The molecule has 5 heteroatoms. The highest BCUT2D eigenvalue weighted by Gasteiger charge is 2.34. The molecule has 16 heavy (non-hydrogen) atoms. The molecule has 0 heterocycles. The first kappa shape index (κ1) is 13.4. The molecule has 0 radical (unpaired) electrons. The molecular weight excluding hydrogens is 224 g/mol. The minimum atomic E-state index is -0.777. The zero-order valence-corrected chi connectivity index (χ0v) is 10.9. The lowest BCUT2D eigenvalue weighted by molar-refractivity contribution is -0.126. The Morgan fingerprint density at radius 1 is 1.50 bits per heavy atom. The van der Waals surface area contributed by atoms with Crippen molar-refractivity contribution < 1.29 is 9.53 Å². The van der Waals surface area contributed by atoms with Crippen LogP contribution in [-0.2, 0) is 9.53 Å². The van der Waals surface area contributed by atoms with E-state index in [2.05, 4.69) is 5.32 Å². The maximum atomic E-state index is 11.9. The Morgan fingerprint density at radius 3 is 2.56 bits per heavy atom. The van der Waals surface area contributed by atoms with Crippen LogP contribution in [0.5, 0.6) is 0 Å². The van der Waals surface area contributed by atoms with Gasteiger partial charge in [0.15, 0.2) is 0 Å². The summed E-state index contributed by atoms with van der Waals surface area (Å²) in [5, 5.41) is 2.98. The predicted molar refractivity (Wildman–Crippen MR) is 67.1 cm³/mol. The second kappa shape index (κ2) is 5.10. The number of ether oxygens (including phenoxy) is 1. The van der Waals surface area contributed by atoms with E-state index in [-0.39, 0.29) is 23.0 Å². The van der Waals surface area contributed by atoms with Gasteiger partial charge in [0.1, 0.15) is 0 Å². The standard InChI is InChI=1S/C11H20N2O2S/c1-11(2,9(12)16)10(14)13-7-4-5-8(6-7)15-3/h7-8H,4-6H2,1-3H3,(H2,12,16)(H,13,14). The van der Waals surface area contributed by atoms with Crippen LogP contribution in [0.25, 0.3) is 0 Å². The molecule has 1 fully saturated rings. The van der Waals surface area contributed by atoms with Crippen LogP contribution >= 0.6 is 12.2 Å². The topological polar surface area (TPSA) is 64.3 Å². The highest BCUT2D eigenvalue weighted by molar-refractivity contribution is 7.80. The molecule has 1 saturated carbocycles. The van der Waals surface area contributed by atoms with E-state index in [1.807, 2.05) is 0 Å². The van der Waals surface area contributed by atoms with Crippen LogP contribution in [0, 0.1) is 5.41 Å². The van der Waals surface area contributed by atoms with Crippen molar-refractivity contribution >= 4 is 23.1 Å². The molecule has 0 aromatic carbocycles. The van der Waals surface area contributed by atoms with Crippen molar-refractivity contribution in [3.8, 4) is 0 Å². The Morgan fingerprint density at radius 2 is 2.12 bits per heavy atom. The van der Waals surface area contributed by atoms with E-state index in [4.69, 9.17) is 22.7 Å². The highest BCUT2D eigenvalue weighted by Crippen LogP contribution is 2.23. The van der Waals surface area contributed by atoms with Gasteiger partial charge >= 0.3 is 0 Å². The summed E-state index contributed by atoms with van der Waals surface area (Å²) in [5.74, 6) is -0.0956. The first-order chi connectivity index (χ1) is 7.37. The number of carbonyl (C=O) groups excluding carboxylic acids is 1. The lowest BCUT2D eigenvalue weighted by atomic mass is 9.92. The number of amides is 1. The van der Waals surface area contributed by atoms with Gasteiger partial charge in [-0.05, 0) is 33.1 Å². The third-order valence-electron chi connectivity index (χ3n) is 3.24. The van der Waals surface area contributed by atoms with Crippen LogP contribution in [0.1, 0.15) is 33.1 Å². The normalized spacial score (nSPS) is 25.4. The van der Waals surface area contributed by atoms with Crippen LogP contribution < -0.4 is 11.1 Å². The summed E-state index contributed by atoms with van der Waals surface area (Å²) in [4.78, 5) is 12.2. The Balaban J connectivity index is 2.50. The van der Waals surface area contributed by atoms with Crippen molar-refractivity contribution in [1.29, 1.82) is 0 Å². The Bertz CT molecular complexity index is 292. The molecule has 2 unspecified atom stereocenters. The number of thiocarbonyl (C=S) groups is 1. The SMILES string of the molecule is COC1CCC(NC(=O)C(C)(C)C(N)=S)C1. The largest absolute Gasteiger partial charge is 0.392 e. The van der Waals surface area contributed by atoms with Gasteiger partial charge < -0.3 is 15.8 Å². The van der Waals surface area contributed by atoms with E-state index in [1.54, 1.807) is 21.0 Å². The van der Waals surface area contributed by atoms with Crippen molar-refractivity contribution in [1.82, 2.24) is 5.32 Å². The second-order valence-electron chi connectivity index (χ2n) is 4.83. The van der Waals surface area contributed by atoms with Crippen LogP contribution in [-0.4, -0.2) is 30.2 Å². The van der Waals surface area contributed by atoms with Gasteiger partial charge in [-0.3, -0.25) is 4.79 Å². The fraction of sp³-hybridized carbons (Fsp3) is 0.818. The maximum absolute atomic E-state index is 11.9. The minimum Gasteiger partial charge on any atom is -0.392 e. The summed E-state index contributed by atoms with van der Waals surface area (Å²) >= 11 is 4.89. The van der Waals surface area contributed by atoms with Gasteiger partial charge in [-0.1, -0.05) is 12.2 Å². The molecule has 0 aromatic heterocycles. The number of carbonyl (C=O) groups is 1. The Labute approximate surface area is 102 Å². The van der Waals surface area contributed by atoms with Crippen molar-refractivity contribution in [2.75, 3.05) is 7.11 Å². The summed E-state index contributed by atoms with van der Waals surface area (Å²) < 4.78 is 5.25. The number of methoxy groups -OCH3 is 1. The number of nitrogens with one attached hydrogen (secondary N) is 1. The van der Waals surface area contributed by atoms with E-state index < -0.39 is 5.41 Å². The van der Waals surface area contributed by atoms with E-state index in [0.717, 1.165) is 19.3 Å². The van der Waals surface area contributed by atoms with Gasteiger partial charge in [-0.15, -0.1) is 0 Å².